The van der Waals surface area contributed by atoms with Crippen LogP contribution in [0.3, 0.4) is 0 Å². The van der Waals surface area contributed by atoms with Crippen molar-refractivity contribution in [2.45, 2.75) is 0 Å². The van der Waals surface area contributed by atoms with E-state index in [1.165, 1.54) is 25.5 Å². The molecule has 0 aliphatic carbocycles. The van der Waals surface area contributed by atoms with Crippen LogP contribution in [0.25, 0.3) is 22.4 Å². The minimum absolute atomic E-state index is 0.139. The van der Waals surface area contributed by atoms with Crippen LogP contribution in [0.15, 0.2) is 76.4 Å². The number of para-hydroxylation sites is 1. The van der Waals surface area contributed by atoms with E-state index < -0.39 is 11.7 Å². The van der Waals surface area contributed by atoms with Crippen molar-refractivity contribution < 1.29 is 18.3 Å². The lowest BCUT2D eigenvalue weighted by atomic mass is 10.1. The van der Waals surface area contributed by atoms with E-state index in [2.05, 4.69) is 15.5 Å². The summed E-state index contributed by atoms with van der Waals surface area (Å²) < 4.78 is 24.0. The van der Waals surface area contributed by atoms with E-state index in [0.29, 0.717) is 33.5 Å². The normalized spacial score (nSPS) is 11.1. The number of methoxy groups -OCH3 is 1. The molecule has 2 aromatic carbocycles. The molecule has 1 amide bonds. The molecule has 0 spiro atoms. The first-order valence-electron chi connectivity index (χ1n) is 8.76. The van der Waals surface area contributed by atoms with Crippen LogP contribution in [-0.4, -0.2) is 24.2 Å². The molecule has 7 heteroatoms. The number of hydrogen-bond donors (Lipinski definition) is 1. The summed E-state index contributed by atoms with van der Waals surface area (Å²) in [4.78, 5) is 17.3. The average molecular weight is 389 g/mol. The van der Waals surface area contributed by atoms with Crippen LogP contribution in [-0.2, 0) is 0 Å². The van der Waals surface area contributed by atoms with E-state index in [9.17, 15) is 9.18 Å². The monoisotopic (exact) mass is 389 g/mol. The molecule has 6 nitrogen and oxygen atoms in total. The zero-order valence-corrected chi connectivity index (χ0v) is 15.4. The highest BCUT2D eigenvalue weighted by atomic mass is 19.1. The molecule has 0 saturated carbocycles. The van der Waals surface area contributed by atoms with Crippen LogP contribution in [0.5, 0.6) is 5.75 Å². The van der Waals surface area contributed by atoms with E-state index >= 15 is 0 Å². The molecule has 2 heterocycles. The molecule has 4 aromatic rings. The highest BCUT2D eigenvalue weighted by Gasteiger charge is 2.14. The van der Waals surface area contributed by atoms with Gasteiger partial charge in [-0.3, -0.25) is 4.79 Å². The van der Waals surface area contributed by atoms with Crippen LogP contribution >= 0.6 is 0 Å². The molecule has 0 aliphatic rings. The summed E-state index contributed by atoms with van der Waals surface area (Å²) >= 11 is 0. The van der Waals surface area contributed by atoms with Crippen molar-refractivity contribution in [1.29, 1.82) is 0 Å². The Labute approximate surface area is 165 Å². The standard InChI is InChI=1S/C22H16FN3O3/c1-28-20-9-8-14(11-17(20)23)13-24-26-22(27)16-12-19(21-7-4-10-29-21)25-18-6-3-2-5-15(16)18/h2-13H,1H3,(H,26,27)/b24-13-. The SMILES string of the molecule is COc1ccc(/C=N\NC(=O)c2cc(-c3ccco3)nc3ccccc23)cc1F. The number of aromatic nitrogens is 1. The summed E-state index contributed by atoms with van der Waals surface area (Å²) in [7, 11) is 1.39. The third kappa shape index (κ3) is 3.84. The number of amides is 1. The number of hydrogen-bond acceptors (Lipinski definition) is 5. The van der Waals surface area contributed by atoms with Gasteiger partial charge in [0.25, 0.3) is 5.91 Å². The lowest BCUT2D eigenvalue weighted by Gasteiger charge is -2.07. The Balaban J connectivity index is 1.62. The second kappa shape index (κ2) is 7.93. The number of carbonyl (C=O) groups excluding carboxylic acids is 1. The predicted octanol–water partition coefficient (Wildman–Crippen LogP) is 4.41. The Morgan fingerprint density at radius 1 is 1.17 bits per heavy atom. The molecule has 0 unspecified atom stereocenters. The van der Waals surface area contributed by atoms with Gasteiger partial charge in [-0.1, -0.05) is 18.2 Å². The molecule has 2 aromatic heterocycles. The first-order valence-corrected chi connectivity index (χ1v) is 8.76. The van der Waals surface area contributed by atoms with Gasteiger partial charge in [0, 0.05) is 5.39 Å². The number of rotatable bonds is 5. The van der Waals surface area contributed by atoms with Gasteiger partial charge < -0.3 is 9.15 Å². The van der Waals surface area contributed by atoms with Gasteiger partial charge in [0.15, 0.2) is 17.3 Å². The van der Waals surface area contributed by atoms with E-state index in [-0.39, 0.29) is 5.75 Å². The zero-order chi connectivity index (χ0) is 20.2. The lowest BCUT2D eigenvalue weighted by molar-refractivity contribution is 0.0956. The van der Waals surface area contributed by atoms with E-state index in [1.807, 2.05) is 24.3 Å². The van der Waals surface area contributed by atoms with Crippen LogP contribution in [0, 0.1) is 5.82 Å². The molecule has 0 atom stereocenters. The number of halogens is 1. The summed E-state index contributed by atoms with van der Waals surface area (Å²) in [5.41, 5.74) is 4.57. The Hall–Kier alpha value is -4.00. The van der Waals surface area contributed by atoms with Gasteiger partial charge in [0.1, 0.15) is 5.69 Å². The fraction of sp³-hybridized carbons (Fsp3) is 0.0455. The fourth-order valence-electron chi connectivity index (χ4n) is 2.90. The Bertz CT molecular complexity index is 1200. The minimum Gasteiger partial charge on any atom is -0.494 e. The third-order valence-electron chi connectivity index (χ3n) is 4.29. The summed E-state index contributed by atoms with van der Waals surface area (Å²) in [5.74, 6) is -0.227. The minimum atomic E-state index is -0.508. The van der Waals surface area contributed by atoms with Crippen molar-refractivity contribution in [2.75, 3.05) is 7.11 Å². The number of benzene rings is 2. The van der Waals surface area contributed by atoms with Gasteiger partial charge in [-0.05, 0) is 48.0 Å². The molecule has 0 aliphatic heterocycles. The second-order valence-electron chi connectivity index (χ2n) is 6.14. The number of pyridine rings is 1. The lowest BCUT2D eigenvalue weighted by Crippen LogP contribution is -2.18. The predicted molar refractivity (Wildman–Crippen MR) is 107 cm³/mol. The smallest absolute Gasteiger partial charge is 0.272 e. The molecular formula is C22H16FN3O3. The highest BCUT2D eigenvalue weighted by molar-refractivity contribution is 6.07. The van der Waals surface area contributed by atoms with Crippen LogP contribution in [0.1, 0.15) is 15.9 Å². The number of carbonyl (C=O) groups is 1. The molecule has 1 N–H and O–H groups in total. The van der Waals surface area contributed by atoms with Crippen molar-refractivity contribution in [3.05, 3.63) is 83.9 Å². The van der Waals surface area contributed by atoms with Gasteiger partial charge in [0.2, 0.25) is 0 Å². The molecule has 0 fully saturated rings. The van der Waals surface area contributed by atoms with Crippen LogP contribution < -0.4 is 10.2 Å². The quantitative estimate of drug-likeness (QED) is 0.405. The first kappa shape index (κ1) is 18.4. The number of nitrogens with one attached hydrogen (secondary N) is 1. The van der Waals surface area contributed by atoms with Gasteiger partial charge >= 0.3 is 0 Å². The van der Waals surface area contributed by atoms with Crippen molar-refractivity contribution in [1.82, 2.24) is 10.4 Å². The summed E-state index contributed by atoms with van der Waals surface area (Å²) in [6.07, 6.45) is 2.90. The maximum absolute atomic E-state index is 13.8. The fourth-order valence-corrected chi connectivity index (χ4v) is 2.90. The molecule has 4 rings (SSSR count). The van der Waals surface area contributed by atoms with Crippen molar-refractivity contribution in [2.24, 2.45) is 5.10 Å². The Morgan fingerprint density at radius 2 is 2.03 bits per heavy atom. The summed E-state index contributed by atoms with van der Waals surface area (Å²) in [6.45, 7) is 0. The molecule has 0 radical (unpaired) electrons. The van der Waals surface area contributed by atoms with Gasteiger partial charge in [0.05, 0.1) is 30.7 Å². The molecule has 0 saturated heterocycles. The van der Waals surface area contributed by atoms with Crippen LogP contribution in [0.4, 0.5) is 4.39 Å². The largest absolute Gasteiger partial charge is 0.494 e. The molecule has 144 valence electrons. The van der Waals surface area contributed by atoms with Gasteiger partial charge in [-0.15, -0.1) is 0 Å². The average Bonchev–Trinajstić information content (AvgIpc) is 3.28. The first-order chi connectivity index (χ1) is 14.2. The third-order valence-corrected chi connectivity index (χ3v) is 4.29. The number of hydrazone groups is 1. The number of nitrogens with zero attached hydrogens (tertiary/aromatic N) is 2. The summed E-state index contributed by atoms with van der Waals surface area (Å²) in [6, 6.07) is 16.9. The van der Waals surface area contributed by atoms with Crippen molar-refractivity contribution >= 4 is 23.0 Å². The van der Waals surface area contributed by atoms with Gasteiger partial charge in [-0.2, -0.15) is 5.10 Å². The van der Waals surface area contributed by atoms with E-state index in [1.54, 1.807) is 30.5 Å². The van der Waals surface area contributed by atoms with E-state index in [4.69, 9.17) is 9.15 Å². The molecule has 29 heavy (non-hydrogen) atoms. The zero-order valence-electron chi connectivity index (χ0n) is 15.4. The number of furan rings is 1. The summed E-state index contributed by atoms with van der Waals surface area (Å²) in [5, 5.41) is 4.62. The van der Waals surface area contributed by atoms with Crippen molar-refractivity contribution in [3.63, 3.8) is 0 Å². The number of ether oxygens (including phenoxy) is 1. The van der Waals surface area contributed by atoms with Crippen LogP contribution in [0.2, 0.25) is 0 Å². The topological polar surface area (TPSA) is 76.7 Å². The number of fused-ring (bicyclic) bond motifs is 1. The van der Waals surface area contributed by atoms with Gasteiger partial charge in [-0.25, -0.2) is 14.8 Å². The van der Waals surface area contributed by atoms with Crippen molar-refractivity contribution in [3.8, 4) is 17.2 Å². The molecular weight excluding hydrogens is 373 g/mol. The second-order valence-corrected chi connectivity index (χ2v) is 6.14. The maximum atomic E-state index is 13.8. The Morgan fingerprint density at radius 3 is 2.79 bits per heavy atom. The highest BCUT2D eigenvalue weighted by Crippen LogP contribution is 2.25. The van der Waals surface area contributed by atoms with E-state index in [0.717, 1.165) is 0 Å². The molecule has 0 bridgehead atoms. The Kier molecular flexibility index (Phi) is 5.03. The maximum Gasteiger partial charge on any atom is 0.272 e.